The lowest BCUT2D eigenvalue weighted by Gasteiger charge is -2.20. The van der Waals surface area contributed by atoms with Gasteiger partial charge < -0.3 is 5.11 Å². The minimum absolute atomic E-state index is 0.0246. The Hall–Kier alpha value is -2.36. The molecular formula is C16H17NO3. The van der Waals surface area contributed by atoms with Gasteiger partial charge in [0.25, 0.3) is 5.69 Å². The quantitative estimate of drug-likeness (QED) is 0.655. The third kappa shape index (κ3) is 2.79. The lowest BCUT2D eigenvalue weighted by molar-refractivity contribution is -0.384. The van der Waals surface area contributed by atoms with Crippen LogP contribution in [0.3, 0.4) is 0 Å². The predicted octanol–water partition coefficient (Wildman–Crippen LogP) is 4.26. The second-order valence-corrected chi connectivity index (χ2v) is 5.79. The highest BCUT2D eigenvalue weighted by Gasteiger charge is 2.16. The van der Waals surface area contributed by atoms with E-state index in [0.717, 1.165) is 11.1 Å². The van der Waals surface area contributed by atoms with Crippen molar-refractivity contribution in [3.8, 4) is 16.9 Å². The lowest BCUT2D eigenvalue weighted by Crippen LogP contribution is -2.10. The van der Waals surface area contributed by atoms with Crippen LogP contribution in [0.2, 0.25) is 0 Å². The summed E-state index contributed by atoms with van der Waals surface area (Å²) in [5.41, 5.74) is 2.57. The number of rotatable bonds is 2. The number of nitrogens with zero attached hydrogens (tertiary/aromatic N) is 1. The molecule has 0 aromatic heterocycles. The highest BCUT2D eigenvalue weighted by atomic mass is 16.6. The molecule has 0 atom stereocenters. The van der Waals surface area contributed by atoms with Crippen molar-refractivity contribution in [3.05, 3.63) is 58.1 Å². The smallest absolute Gasteiger partial charge is 0.269 e. The van der Waals surface area contributed by atoms with E-state index in [1.54, 1.807) is 18.2 Å². The molecule has 2 rings (SSSR count). The molecular weight excluding hydrogens is 254 g/mol. The molecule has 4 heteroatoms. The lowest BCUT2D eigenvalue weighted by atomic mass is 9.85. The number of nitro groups is 1. The van der Waals surface area contributed by atoms with Crippen molar-refractivity contribution in [3.63, 3.8) is 0 Å². The fourth-order valence-electron chi connectivity index (χ4n) is 2.00. The van der Waals surface area contributed by atoms with Gasteiger partial charge in [0.05, 0.1) is 4.92 Å². The Morgan fingerprint density at radius 3 is 2.15 bits per heavy atom. The Morgan fingerprint density at radius 2 is 1.65 bits per heavy atom. The third-order valence-electron chi connectivity index (χ3n) is 3.25. The summed E-state index contributed by atoms with van der Waals surface area (Å²) in [4.78, 5) is 10.2. The van der Waals surface area contributed by atoms with Gasteiger partial charge in [0, 0.05) is 17.7 Å². The van der Waals surface area contributed by atoms with Crippen LogP contribution in [0.15, 0.2) is 42.5 Å². The van der Waals surface area contributed by atoms with Crippen LogP contribution in [0.25, 0.3) is 11.1 Å². The molecule has 0 saturated carbocycles. The van der Waals surface area contributed by atoms with Gasteiger partial charge in [-0.15, -0.1) is 0 Å². The highest BCUT2D eigenvalue weighted by molar-refractivity contribution is 5.72. The molecule has 0 radical (unpaired) electrons. The average Bonchev–Trinajstić information content (AvgIpc) is 2.38. The zero-order valence-electron chi connectivity index (χ0n) is 11.8. The van der Waals surface area contributed by atoms with Gasteiger partial charge in [-0.2, -0.15) is 0 Å². The van der Waals surface area contributed by atoms with E-state index in [1.807, 2.05) is 12.1 Å². The molecule has 104 valence electrons. The van der Waals surface area contributed by atoms with E-state index >= 15 is 0 Å². The summed E-state index contributed by atoms with van der Waals surface area (Å²) in [6.45, 7) is 6.29. The Kier molecular flexibility index (Phi) is 3.49. The number of aromatic hydroxyl groups is 1. The molecule has 0 unspecified atom stereocenters. The van der Waals surface area contributed by atoms with E-state index in [9.17, 15) is 15.2 Å². The first kappa shape index (κ1) is 14.1. The van der Waals surface area contributed by atoms with Crippen molar-refractivity contribution in [1.82, 2.24) is 0 Å². The molecule has 0 spiro atoms. The Bertz CT molecular complexity index is 640. The van der Waals surface area contributed by atoms with Crippen molar-refractivity contribution in [2.24, 2.45) is 0 Å². The van der Waals surface area contributed by atoms with E-state index in [4.69, 9.17) is 0 Å². The van der Waals surface area contributed by atoms with Crippen LogP contribution in [0.4, 0.5) is 5.69 Å². The second kappa shape index (κ2) is 4.96. The first-order chi connectivity index (χ1) is 9.29. The number of benzene rings is 2. The summed E-state index contributed by atoms with van der Waals surface area (Å²) in [5.74, 6) is 0.173. The van der Waals surface area contributed by atoms with Crippen molar-refractivity contribution in [2.45, 2.75) is 26.2 Å². The third-order valence-corrected chi connectivity index (χ3v) is 3.25. The van der Waals surface area contributed by atoms with Gasteiger partial charge >= 0.3 is 0 Å². The molecule has 0 heterocycles. The maximum absolute atomic E-state index is 10.7. The molecule has 0 bridgehead atoms. The standard InChI is InChI=1S/C16H17NO3/c1-16(2,3)12-6-9-15(18)14(10-12)11-4-7-13(8-5-11)17(19)20/h4-10,18H,1-3H3. The monoisotopic (exact) mass is 271 g/mol. The molecule has 0 amide bonds. The average molecular weight is 271 g/mol. The van der Waals surface area contributed by atoms with Crippen molar-refractivity contribution in [2.75, 3.05) is 0 Å². The normalized spacial score (nSPS) is 11.3. The molecule has 0 aliphatic rings. The predicted molar refractivity (Wildman–Crippen MR) is 78.9 cm³/mol. The fraction of sp³-hybridized carbons (Fsp3) is 0.250. The minimum Gasteiger partial charge on any atom is -0.507 e. The Morgan fingerprint density at radius 1 is 1.05 bits per heavy atom. The highest BCUT2D eigenvalue weighted by Crippen LogP contribution is 2.34. The first-order valence-corrected chi connectivity index (χ1v) is 6.37. The van der Waals surface area contributed by atoms with Crippen LogP contribution in [0.1, 0.15) is 26.3 Å². The summed E-state index contributed by atoms with van der Waals surface area (Å²) in [7, 11) is 0. The Balaban J connectivity index is 2.49. The fourth-order valence-corrected chi connectivity index (χ4v) is 2.00. The number of phenols is 1. The minimum atomic E-state index is -0.435. The number of hydrogen-bond donors (Lipinski definition) is 1. The van der Waals surface area contributed by atoms with Crippen molar-refractivity contribution >= 4 is 5.69 Å². The molecule has 4 nitrogen and oxygen atoms in total. The number of hydrogen-bond acceptors (Lipinski definition) is 3. The van der Waals surface area contributed by atoms with Crippen LogP contribution in [0.5, 0.6) is 5.75 Å². The van der Waals surface area contributed by atoms with Gasteiger partial charge in [-0.1, -0.05) is 26.8 Å². The SMILES string of the molecule is CC(C)(C)c1ccc(O)c(-c2ccc([N+](=O)[O-])cc2)c1. The molecule has 0 saturated heterocycles. The molecule has 20 heavy (non-hydrogen) atoms. The van der Waals surface area contributed by atoms with E-state index in [0.29, 0.717) is 5.56 Å². The number of non-ortho nitro benzene ring substituents is 1. The van der Waals surface area contributed by atoms with E-state index < -0.39 is 4.92 Å². The largest absolute Gasteiger partial charge is 0.507 e. The molecule has 2 aromatic carbocycles. The number of phenolic OH excluding ortho intramolecular Hbond substituents is 1. The molecule has 1 N–H and O–H groups in total. The molecule has 0 fully saturated rings. The van der Waals surface area contributed by atoms with Crippen molar-refractivity contribution in [1.29, 1.82) is 0 Å². The van der Waals surface area contributed by atoms with Crippen molar-refractivity contribution < 1.29 is 10.0 Å². The van der Waals surface area contributed by atoms with Gasteiger partial charge in [-0.25, -0.2) is 0 Å². The summed E-state index contributed by atoms with van der Waals surface area (Å²) in [5, 5.41) is 20.7. The van der Waals surface area contributed by atoms with E-state index in [2.05, 4.69) is 20.8 Å². The summed E-state index contributed by atoms with van der Waals surface area (Å²) < 4.78 is 0. The van der Waals surface area contributed by atoms with Gasteiger partial charge in [-0.05, 0) is 40.8 Å². The van der Waals surface area contributed by atoms with Crippen LogP contribution in [-0.4, -0.2) is 10.0 Å². The Labute approximate surface area is 117 Å². The summed E-state index contributed by atoms with van der Waals surface area (Å²) in [6.07, 6.45) is 0. The maximum Gasteiger partial charge on any atom is 0.269 e. The zero-order chi connectivity index (χ0) is 14.9. The topological polar surface area (TPSA) is 63.4 Å². The van der Waals surface area contributed by atoms with Gasteiger partial charge in [-0.3, -0.25) is 10.1 Å². The van der Waals surface area contributed by atoms with Crippen LogP contribution >= 0.6 is 0 Å². The molecule has 0 aliphatic heterocycles. The molecule has 0 aliphatic carbocycles. The molecule has 2 aromatic rings. The first-order valence-electron chi connectivity index (χ1n) is 6.37. The van der Waals surface area contributed by atoms with E-state index in [1.165, 1.54) is 12.1 Å². The van der Waals surface area contributed by atoms with Gasteiger partial charge in [0.1, 0.15) is 5.75 Å². The summed E-state index contributed by atoms with van der Waals surface area (Å²) >= 11 is 0. The maximum atomic E-state index is 10.7. The van der Waals surface area contributed by atoms with Gasteiger partial charge in [0.15, 0.2) is 0 Å². The summed E-state index contributed by atoms with van der Waals surface area (Å²) in [6, 6.07) is 11.7. The number of nitro benzene ring substituents is 1. The second-order valence-electron chi connectivity index (χ2n) is 5.79. The van der Waals surface area contributed by atoms with E-state index in [-0.39, 0.29) is 16.9 Å². The van der Waals surface area contributed by atoms with Crippen LogP contribution < -0.4 is 0 Å². The van der Waals surface area contributed by atoms with Crippen LogP contribution in [0, 0.1) is 10.1 Å². The zero-order valence-corrected chi connectivity index (χ0v) is 11.8. The van der Waals surface area contributed by atoms with Crippen LogP contribution in [-0.2, 0) is 5.41 Å². The van der Waals surface area contributed by atoms with Gasteiger partial charge in [0.2, 0.25) is 0 Å².